The van der Waals surface area contributed by atoms with Crippen molar-refractivity contribution in [3.63, 3.8) is 0 Å². The van der Waals surface area contributed by atoms with Crippen molar-refractivity contribution in [1.82, 2.24) is 10.3 Å². The number of aromatic nitrogens is 1. The van der Waals surface area contributed by atoms with Gasteiger partial charge in [-0.05, 0) is 24.6 Å². The van der Waals surface area contributed by atoms with E-state index in [2.05, 4.69) is 10.3 Å². The summed E-state index contributed by atoms with van der Waals surface area (Å²) in [6, 6.07) is 11.1. The first-order valence-electron chi connectivity index (χ1n) is 7.84. The van der Waals surface area contributed by atoms with Gasteiger partial charge in [-0.1, -0.05) is 12.1 Å². The summed E-state index contributed by atoms with van der Waals surface area (Å²) in [4.78, 5) is 15.5. The van der Waals surface area contributed by atoms with Gasteiger partial charge in [0.2, 0.25) is 5.88 Å². The van der Waals surface area contributed by atoms with Crippen LogP contribution in [0.1, 0.15) is 18.9 Å². The number of nitrogens with zero attached hydrogens (tertiary/aromatic N) is 1. The SMILES string of the molecule is CCOC(=O)CCNCc1ccc(Oc2cccc(OC)c2)nc1. The molecular formula is C18H22N2O4. The average molecular weight is 330 g/mol. The van der Waals surface area contributed by atoms with Crippen LogP contribution >= 0.6 is 0 Å². The predicted octanol–water partition coefficient (Wildman–Crippen LogP) is 2.93. The van der Waals surface area contributed by atoms with Crippen molar-refractivity contribution in [1.29, 1.82) is 0 Å². The second-order valence-electron chi connectivity index (χ2n) is 5.02. The molecule has 24 heavy (non-hydrogen) atoms. The normalized spacial score (nSPS) is 10.2. The number of benzene rings is 1. The van der Waals surface area contributed by atoms with Crippen molar-refractivity contribution >= 4 is 5.97 Å². The van der Waals surface area contributed by atoms with Crippen LogP contribution < -0.4 is 14.8 Å². The molecule has 0 aliphatic rings. The van der Waals surface area contributed by atoms with Crippen molar-refractivity contribution in [2.45, 2.75) is 19.9 Å². The van der Waals surface area contributed by atoms with E-state index < -0.39 is 0 Å². The minimum atomic E-state index is -0.190. The molecule has 0 fully saturated rings. The van der Waals surface area contributed by atoms with E-state index in [1.165, 1.54) is 0 Å². The Morgan fingerprint density at radius 1 is 1.21 bits per heavy atom. The van der Waals surface area contributed by atoms with Crippen LogP contribution in [0.5, 0.6) is 17.4 Å². The third-order valence-electron chi connectivity index (χ3n) is 3.20. The van der Waals surface area contributed by atoms with Crippen LogP contribution in [0, 0.1) is 0 Å². The summed E-state index contributed by atoms with van der Waals surface area (Å²) in [5.41, 5.74) is 1.01. The zero-order valence-corrected chi connectivity index (χ0v) is 14.0. The Morgan fingerprint density at radius 2 is 2.04 bits per heavy atom. The lowest BCUT2D eigenvalue weighted by molar-refractivity contribution is -0.142. The maximum atomic E-state index is 11.2. The topological polar surface area (TPSA) is 69.7 Å². The number of methoxy groups -OCH3 is 1. The maximum Gasteiger partial charge on any atom is 0.307 e. The number of esters is 1. The summed E-state index contributed by atoms with van der Waals surface area (Å²) >= 11 is 0. The number of pyridine rings is 1. The maximum absolute atomic E-state index is 11.2. The van der Waals surface area contributed by atoms with Crippen LogP contribution in [0.2, 0.25) is 0 Å². The van der Waals surface area contributed by atoms with Crippen LogP contribution in [0.25, 0.3) is 0 Å². The number of carbonyl (C=O) groups is 1. The Hall–Kier alpha value is -2.60. The molecule has 6 nitrogen and oxygen atoms in total. The molecule has 0 atom stereocenters. The molecule has 1 heterocycles. The van der Waals surface area contributed by atoms with Gasteiger partial charge < -0.3 is 19.5 Å². The predicted molar refractivity (Wildman–Crippen MR) is 90.3 cm³/mol. The number of hydrogen-bond donors (Lipinski definition) is 1. The van der Waals surface area contributed by atoms with E-state index >= 15 is 0 Å². The van der Waals surface area contributed by atoms with E-state index in [0.29, 0.717) is 37.7 Å². The molecular weight excluding hydrogens is 308 g/mol. The van der Waals surface area contributed by atoms with Gasteiger partial charge in [0, 0.05) is 31.4 Å². The molecule has 128 valence electrons. The molecule has 1 aromatic heterocycles. The molecule has 0 aliphatic carbocycles. The zero-order chi connectivity index (χ0) is 17.2. The third-order valence-corrected chi connectivity index (χ3v) is 3.20. The van der Waals surface area contributed by atoms with Crippen LogP contribution in [0.15, 0.2) is 42.6 Å². The Labute approximate surface area is 141 Å². The summed E-state index contributed by atoms with van der Waals surface area (Å²) in [6.07, 6.45) is 2.10. The fourth-order valence-electron chi connectivity index (χ4n) is 2.02. The fraction of sp³-hybridized carbons (Fsp3) is 0.333. The largest absolute Gasteiger partial charge is 0.497 e. The fourth-order valence-corrected chi connectivity index (χ4v) is 2.02. The van der Waals surface area contributed by atoms with E-state index in [4.69, 9.17) is 14.2 Å². The van der Waals surface area contributed by atoms with Crippen LogP contribution in [-0.2, 0) is 16.1 Å². The molecule has 1 N–H and O–H groups in total. The van der Waals surface area contributed by atoms with Crippen molar-refractivity contribution < 1.29 is 19.0 Å². The van der Waals surface area contributed by atoms with Crippen LogP contribution in [0.3, 0.4) is 0 Å². The molecule has 0 saturated heterocycles. The standard InChI is InChI=1S/C18H22N2O4/c1-3-23-18(21)9-10-19-12-14-7-8-17(20-13-14)24-16-6-4-5-15(11-16)22-2/h4-8,11,13,19H,3,9-10,12H2,1-2H3. The molecule has 0 radical (unpaired) electrons. The summed E-state index contributed by atoms with van der Waals surface area (Å²) < 4.78 is 15.7. The van der Waals surface area contributed by atoms with Gasteiger partial charge in [-0.25, -0.2) is 4.98 Å². The molecule has 0 amide bonds. The summed E-state index contributed by atoms with van der Waals surface area (Å²) in [7, 11) is 1.61. The number of hydrogen-bond acceptors (Lipinski definition) is 6. The number of ether oxygens (including phenoxy) is 3. The first-order chi connectivity index (χ1) is 11.7. The van der Waals surface area contributed by atoms with E-state index in [-0.39, 0.29) is 5.97 Å². The molecule has 0 aliphatic heterocycles. The molecule has 2 aromatic rings. The lowest BCUT2D eigenvalue weighted by atomic mass is 10.3. The number of carbonyl (C=O) groups excluding carboxylic acids is 1. The van der Waals surface area contributed by atoms with Crippen molar-refractivity contribution in [2.75, 3.05) is 20.3 Å². The highest BCUT2D eigenvalue weighted by atomic mass is 16.5. The highest BCUT2D eigenvalue weighted by Gasteiger charge is 2.03. The molecule has 2 rings (SSSR count). The van der Waals surface area contributed by atoms with Crippen LogP contribution in [0.4, 0.5) is 0 Å². The lowest BCUT2D eigenvalue weighted by Crippen LogP contribution is -2.19. The van der Waals surface area contributed by atoms with Crippen molar-refractivity contribution in [3.05, 3.63) is 48.2 Å². The summed E-state index contributed by atoms with van der Waals surface area (Å²) in [5, 5.41) is 3.18. The minimum absolute atomic E-state index is 0.190. The molecule has 6 heteroatoms. The number of nitrogens with one attached hydrogen (secondary N) is 1. The third kappa shape index (κ3) is 5.89. The first-order valence-corrected chi connectivity index (χ1v) is 7.84. The van der Waals surface area contributed by atoms with E-state index in [9.17, 15) is 4.79 Å². The van der Waals surface area contributed by atoms with E-state index in [1.807, 2.05) is 30.3 Å². The first kappa shape index (κ1) is 17.7. The van der Waals surface area contributed by atoms with Gasteiger partial charge in [0.25, 0.3) is 0 Å². The Balaban J connectivity index is 1.79. The smallest absolute Gasteiger partial charge is 0.307 e. The van der Waals surface area contributed by atoms with Gasteiger partial charge in [0.1, 0.15) is 11.5 Å². The van der Waals surface area contributed by atoms with Gasteiger partial charge in [-0.15, -0.1) is 0 Å². The Kier molecular flexibility index (Phi) is 7.04. The number of rotatable bonds is 9. The second kappa shape index (κ2) is 9.52. The molecule has 0 unspecified atom stereocenters. The quantitative estimate of drug-likeness (QED) is 0.563. The van der Waals surface area contributed by atoms with Crippen LogP contribution in [-0.4, -0.2) is 31.2 Å². The minimum Gasteiger partial charge on any atom is -0.497 e. The molecule has 1 aromatic carbocycles. The summed E-state index contributed by atoms with van der Waals surface area (Å²) in [5.74, 6) is 1.72. The van der Waals surface area contributed by atoms with Crippen molar-refractivity contribution in [2.24, 2.45) is 0 Å². The molecule has 0 saturated carbocycles. The van der Waals surface area contributed by atoms with E-state index in [0.717, 1.165) is 11.3 Å². The average Bonchev–Trinajstić information content (AvgIpc) is 2.60. The van der Waals surface area contributed by atoms with Gasteiger partial charge >= 0.3 is 5.97 Å². The monoisotopic (exact) mass is 330 g/mol. The van der Waals surface area contributed by atoms with Gasteiger partial charge in [0.15, 0.2) is 0 Å². The highest BCUT2D eigenvalue weighted by molar-refractivity contribution is 5.69. The zero-order valence-electron chi connectivity index (χ0n) is 14.0. The van der Waals surface area contributed by atoms with Crippen molar-refractivity contribution in [3.8, 4) is 17.4 Å². The van der Waals surface area contributed by atoms with E-state index in [1.54, 1.807) is 26.3 Å². The van der Waals surface area contributed by atoms with Gasteiger partial charge in [0.05, 0.1) is 20.1 Å². The summed E-state index contributed by atoms with van der Waals surface area (Å²) in [6.45, 7) is 3.41. The van der Waals surface area contributed by atoms with Gasteiger partial charge in [-0.2, -0.15) is 0 Å². The van der Waals surface area contributed by atoms with Gasteiger partial charge in [-0.3, -0.25) is 4.79 Å². The second-order valence-corrected chi connectivity index (χ2v) is 5.02. The molecule has 0 spiro atoms. The Bertz CT molecular complexity index is 644. The molecule has 0 bridgehead atoms. The lowest BCUT2D eigenvalue weighted by Gasteiger charge is -2.08. The highest BCUT2D eigenvalue weighted by Crippen LogP contribution is 2.23. The Morgan fingerprint density at radius 3 is 2.75 bits per heavy atom.